The van der Waals surface area contributed by atoms with Crippen LogP contribution in [0.1, 0.15) is 23.2 Å². The summed E-state index contributed by atoms with van der Waals surface area (Å²) in [7, 11) is 1.28. The first-order chi connectivity index (χ1) is 16.8. The van der Waals surface area contributed by atoms with E-state index in [0.29, 0.717) is 13.2 Å². The molecule has 3 aromatic rings. The van der Waals surface area contributed by atoms with Gasteiger partial charge in [-0.25, -0.2) is 9.59 Å². The highest BCUT2D eigenvalue weighted by Gasteiger charge is 2.43. The van der Waals surface area contributed by atoms with Crippen LogP contribution in [-0.4, -0.2) is 43.8 Å². The van der Waals surface area contributed by atoms with Gasteiger partial charge >= 0.3 is 12.0 Å². The molecule has 1 aliphatic heterocycles. The van der Waals surface area contributed by atoms with Crippen LogP contribution < -0.4 is 16.0 Å². The summed E-state index contributed by atoms with van der Waals surface area (Å²) in [6.45, 7) is 0.610. The second kappa shape index (κ2) is 10.5. The van der Waals surface area contributed by atoms with E-state index < -0.39 is 23.4 Å². The number of hydrogen-bond donors (Lipinski definition) is 3. The van der Waals surface area contributed by atoms with Crippen molar-refractivity contribution < 1.29 is 23.9 Å². The molecule has 0 aliphatic carbocycles. The summed E-state index contributed by atoms with van der Waals surface area (Å²) < 4.78 is 10.3. The minimum atomic E-state index is -1.22. The Morgan fingerprint density at radius 3 is 2.17 bits per heavy atom. The summed E-state index contributed by atoms with van der Waals surface area (Å²) in [5.41, 5.74) is -0.555. The zero-order valence-electron chi connectivity index (χ0n) is 18.8. The molecule has 0 saturated carbocycles. The van der Waals surface area contributed by atoms with Gasteiger partial charge < -0.3 is 25.4 Å². The molecule has 0 bridgehead atoms. The number of carbonyl (C=O) groups is 3. The number of urea groups is 1. The number of fused-ring (bicyclic) bond motifs is 1. The highest BCUT2D eigenvalue weighted by atomic mass is 35.5. The standard InChI is InChI=1S/C25H23Cl2N3O5/c1-34-23(32)25(9-11-35-12-10-25)30-22(31)17-13-15-5-2-3-6-16(15)14-20(17)28-24(33)29-21-18(26)7-4-8-19(21)27/h2-8,13-14H,9-12H2,1H3,(H,30,31)(H2,28,29,33). The monoisotopic (exact) mass is 515 g/mol. The van der Waals surface area contributed by atoms with E-state index in [1.54, 1.807) is 30.3 Å². The molecule has 1 heterocycles. The normalized spacial score (nSPS) is 14.7. The molecule has 8 nitrogen and oxygen atoms in total. The maximum absolute atomic E-state index is 13.5. The van der Waals surface area contributed by atoms with Crippen molar-refractivity contribution in [3.05, 3.63) is 70.2 Å². The van der Waals surface area contributed by atoms with Crippen molar-refractivity contribution in [2.45, 2.75) is 18.4 Å². The third kappa shape index (κ3) is 5.35. The first kappa shape index (κ1) is 24.8. The van der Waals surface area contributed by atoms with E-state index in [9.17, 15) is 14.4 Å². The lowest BCUT2D eigenvalue weighted by Crippen LogP contribution is -2.58. The van der Waals surface area contributed by atoms with Crippen LogP contribution in [0.5, 0.6) is 0 Å². The van der Waals surface area contributed by atoms with Crippen LogP contribution in [0.2, 0.25) is 10.0 Å². The number of benzene rings is 3. The molecule has 35 heavy (non-hydrogen) atoms. The van der Waals surface area contributed by atoms with Gasteiger partial charge in [-0.3, -0.25) is 4.79 Å². The van der Waals surface area contributed by atoms with Gasteiger partial charge in [0.2, 0.25) is 0 Å². The molecule has 0 spiro atoms. The molecule has 182 valence electrons. The van der Waals surface area contributed by atoms with Gasteiger partial charge in [0.05, 0.1) is 34.1 Å². The Kier molecular flexibility index (Phi) is 7.45. The number of hydrogen-bond acceptors (Lipinski definition) is 5. The van der Waals surface area contributed by atoms with Crippen LogP contribution in [0, 0.1) is 0 Å². The van der Waals surface area contributed by atoms with Crippen LogP contribution in [-0.2, 0) is 14.3 Å². The van der Waals surface area contributed by atoms with Gasteiger partial charge in [0.15, 0.2) is 0 Å². The molecule has 10 heteroatoms. The Morgan fingerprint density at radius 1 is 0.914 bits per heavy atom. The van der Waals surface area contributed by atoms with Crippen LogP contribution in [0.4, 0.5) is 16.2 Å². The van der Waals surface area contributed by atoms with Crippen LogP contribution >= 0.6 is 23.2 Å². The van der Waals surface area contributed by atoms with Crippen LogP contribution in [0.3, 0.4) is 0 Å². The average molecular weight is 516 g/mol. The molecular formula is C25H23Cl2N3O5. The topological polar surface area (TPSA) is 106 Å². The molecular weight excluding hydrogens is 493 g/mol. The second-order valence-electron chi connectivity index (χ2n) is 8.06. The molecule has 3 amide bonds. The minimum absolute atomic E-state index is 0.180. The van der Waals surface area contributed by atoms with Gasteiger partial charge in [-0.1, -0.05) is 53.5 Å². The summed E-state index contributed by atoms with van der Waals surface area (Å²) in [5, 5.41) is 10.3. The number of methoxy groups -OCH3 is 1. The van der Waals surface area contributed by atoms with Crippen molar-refractivity contribution in [2.24, 2.45) is 0 Å². The van der Waals surface area contributed by atoms with Gasteiger partial charge in [0.1, 0.15) is 5.54 Å². The van der Waals surface area contributed by atoms with Crippen LogP contribution in [0.25, 0.3) is 10.8 Å². The number of carbonyl (C=O) groups excluding carboxylic acids is 3. The molecule has 0 unspecified atom stereocenters. The summed E-state index contributed by atoms with van der Waals surface area (Å²) in [6.07, 6.45) is 0.542. The Labute approximate surface area is 211 Å². The molecule has 3 aromatic carbocycles. The van der Waals surface area contributed by atoms with Crippen molar-refractivity contribution in [2.75, 3.05) is 31.0 Å². The molecule has 1 fully saturated rings. The quantitative estimate of drug-likeness (QED) is 0.402. The fourth-order valence-corrected chi connectivity index (χ4v) is 4.49. The number of para-hydroxylation sites is 1. The van der Waals surface area contributed by atoms with Crippen molar-refractivity contribution in [3.8, 4) is 0 Å². The summed E-state index contributed by atoms with van der Waals surface area (Å²) in [6, 6.07) is 15.0. The molecule has 1 saturated heterocycles. The van der Waals surface area contributed by atoms with Crippen LogP contribution in [0.15, 0.2) is 54.6 Å². The SMILES string of the molecule is COC(=O)C1(NC(=O)c2cc3ccccc3cc2NC(=O)Nc2c(Cl)cccc2Cl)CCOCC1. The lowest BCUT2D eigenvalue weighted by atomic mass is 9.89. The first-order valence-corrected chi connectivity index (χ1v) is 11.6. The van der Waals surface area contributed by atoms with E-state index in [1.807, 2.05) is 24.3 Å². The van der Waals surface area contributed by atoms with Gasteiger partial charge in [-0.2, -0.15) is 0 Å². The Hall–Kier alpha value is -3.33. The Morgan fingerprint density at radius 2 is 1.54 bits per heavy atom. The fourth-order valence-electron chi connectivity index (χ4n) is 4.00. The lowest BCUT2D eigenvalue weighted by molar-refractivity contribution is -0.152. The number of nitrogens with one attached hydrogen (secondary N) is 3. The maximum Gasteiger partial charge on any atom is 0.331 e. The molecule has 0 atom stereocenters. The average Bonchev–Trinajstić information content (AvgIpc) is 2.86. The number of esters is 1. The number of anilines is 2. The van der Waals surface area contributed by atoms with E-state index in [4.69, 9.17) is 32.7 Å². The van der Waals surface area contributed by atoms with Crippen molar-refractivity contribution >= 4 is 63.3 Å². The van der Waals surface area contributed by atoms with E-state index in [2.05, 4.69) is 16.0 Å². The summed E-state index contributed by atoms with van der Waals surface area (Å²) in [5.74, 6) is -1.08. The van der Waals surface area contributed by atoms with Gasteiger partial charge in [-0.05, 0) is 35.0 Å². The zero-order valence-corrected chi connectivity index (χ0v) is 20.3. The largest absolute Gasteiger partial charge is 0.467 e. The second-order valence-corrected chi connectivity index (χ2v) is 8.88. The number of amides is 3. The van der Waals surface area contributed by atoms with Crippen molar-refractivity contribution in [3.63, 3.8) is 0 Å². The zero-order chi connectivity index (χ0) is 25.0. The van der Waals surface area contributed by atoms with Gasteiger partial charge in [0.25, 0.3) is 5.91 Å². The summed E-state index contributed by atoms with van der Waals surface area (Å²) in [4.78, 5) is 38.9. The lowest BCUT2D eigenvalue weighted by Gasteiger charge is -2.35. The van der Waals surface area contributed by atoms with E-state index in [-0.39, 0.29) is 39.8 Å². The molecule has 4 rings (SSSR count). The molecule has 3 N–H and O–H groups in total. The number of rotatable bonds is 5. The predicted octanol–water partition coefficient (Wildman–Crippen LogP) is 5.24. The highest BCUT2D eigenvalue weighted by molar-refractivity contribution is 6.39. The van der Waals surface area contributed by atoms with Crippen molar-refractivity contribution in [1.82, 2.24) is 5.32 Å². The third-order valence-electron chi connectivity index (χ3n) is 5.86. The third-order valence-corrected chi connectivity index (χ3v) is 6.49. The minimum Gasteiger partial charge on any atom is -0.467 e. The van der Waals surface area contributed by atoms with E-state index in [0.717, 1.165) is 10.8 Å². The fraction of sp³-hybridized carbons (Fsp3) is 0.240. The highest BCUT2D eigenvalue weighted by Crippen LogP contribution is 2.31. The van der Waals surface area contributed by atoms with Gasteiger partial charge in [-0.15, -0.1) is 0 Å². The molecule has 0 aromatic heterocycles. The van der Waals surface area contributed by atoms with Crippen molar-refractivity contribution in [1.29, 1.82) is 0 Å². The number of halogens is 2. The molecule has 1 aliphatic rings. The Balaban J connectivity index is 1.67. The summed E-state index contributed by atoms with van der Waals surface area (Å²) >= 11 is 12.3. The van der Waals surface area contributed by atoms with E-state index in [1.165, 1.54) is 7.11 Å². The first-order valence-electron chi connectivity index (χ1n) is 10.9. The smallest absolute Gasteiger partial charge is 0.331 e. The van der Waals surface area contributed by atoms with E-state index >= 15 is 0 Å². The van der Waals surface area contributed by atoms with Gasteiger partial charge in [0, 0.05) is 26.1 Å². The Bertz CT molecular complexity index is 1270. The predicted molar refractivity (Wildman–Crippen MR) is 135 cm³/mol. The maximum atomic E-state index is 13.5. The number of ether oxygens (including phenoxy) is 2. The molecule has 0 radical (unpaired) electrons.